The van der Waals surface area contributed by atoms with Crippen molar-refractivity contribution < 1.29 is 28.7 Å². The average Bonchev–Trinajstić information content (AvgIpc) is 2.88. The van der Waals surface area contributed by atoms with Crippen LogP contribution in [0.3, 0.4) is 0 Å². The summed E-state index contributed by atoms with van der Waals surface area (Å²) in [5.41, 5.74) is 3.03. The molecule has 4 rings (SSSR count). The van der Waals surface area contributed by atoms with Crippen LogP contribution in [0.1, 0.15) is 16.7 Å². The summed E-state index contributed by atoms with van der Waals surface area (Å²) in [6, 6.07) is 16.1. The van der Waals surface area contributed by atoms with E-state index in [0.717, 1.165) is 16.0 Å². The zero-order valence-corrected chi connectivity index (χ0v) is 21.6. The lowest BCUT2D eigenvalue weighted by Crippen LogP contribution is -2.54. The molecule has 3 aromatic rings. The van der Waals surface area contributed by atoms with Crippen LogP contribution in [-0.2, 0) is 14.4 Å². The maximum atomic E-state index is 13.1. The number of anilines is 2. The normalized spacial score (nSPS) is 14.4. The van der Waals surface area contributed by atoms with Gasteiger partial charge in [0.15, 0.2) is 18.1 Å². The molecule has 5 amide bonds. The van der Waals surface area contributed by atoms with Crippen LogP contribution < -0.4 is 25.0 Å². The Hall–Kier alpha value is -4.63. The van der Waals surface area contributed by atoms with Crippen molar-refractivity contribution in [2.45, 2.75) is 13.8 Å². The first kappa shape index (κ1) is 26.4. The van der Waals surface area contributed by atoms with Crippen LogP contribution in [0.4, 0.5) is 16.2 Å². The van der Waals surface area contributed by atoms with Gasteiger partial charge in [-0.25, -0.2) is 9.69 Å². The van der Waals surface area contributed by atoms with Gasteiger partial charge in [-0.3, -0.25) is 19.7 Å². The van der Waals surface area contributed by atoms with Crippen molar-refractivity contribution in [2.75, 3.05) is 23.9 Å². The lowest BCUT2D eigenvalue weighted by Gasteiger charge is -2.26. The van der Waals surface area contributed by atoms with Gasteiger partial charge in [0.2, 0.25) is 0 Å². The number of carbonyl (C=O) groups is 4. The van der Waals surface area contributed by atoms with Crippen LogP contribution in [0, 0.1) is 13.8 Å². The van der Waals surface area contributed by atoms with E-state index in [1.807, 2.05) is 26.0 Å². The number of rotatable bonds is 7. The van der Waals surface area contributed by atoms with Crippen LogP contribution >= 0.6 is 11.6 Å². The predicted molar refractivity (Wildman–Crippen MR) is 143 cm³/mol. The van der Waals surface area contributed by atoms with Crippen molar-refractivity contribution in [3.8, 4) is 11.5 Å². The quantitative estimate of drug-likeness (QED) is 0.337. The second-order valence-electron chi connectivity index (χ2n) is 8.53. The number of hydrogen-bond donors (Lipinski definition) is 2. The van der Waals surface area contributed by atoms with E-state index in [9.17, 15) is 19.2 Å². The molecule has 0 atom stereocenters. The Kier molecular flexibility index (Phi) is 7.78. The molecule has 0 radical (unpaired) electrons. The van der Waals surface area contributed by atoms with E-state index in [0.29, 0.717) is 16.9 Å². The number of nitrogens with zero attached hydrogens (tertiary/aromatic N) is 1. The van der Waals surface area contributed by atoms with Gasteiger partial charge in [-0.15, -0.1) is 0 Å². The molecule has 0 saturated carbocycles. The first-order chi connectivity index (χ1) is 18.2. The largest absolute Gasteiger partial charge is 0.493 e. The maximum absolute atomic E-state index is 13.1. The van der Waals surface area contributed by atoms with E-state index in [1.54, 1.807) is 36.4 Å². The van der Waals surface area contributed by atoms with Crippen molar-refractivity contribution in [2.24, 2.45) is 0 Å². The zero-order valence-electron chi connectivity index (χ0n) is 20.8. The number of nitrogens with one attached hydrogen (secondary N) is 2. The van der Waals surface area contributed by atoms with Gasteiger partial charge in [0, 0.05) is 5.69 Å². The first-order valence-electron chi connectivity index (χ1n) is 11.5. The molecule has 0 spiro atoms. The van der Waals surface area contributed by atoms with E-state index >= 15 is 0 Å². The van der Waals surface area contributed by atoms with Crippen LogP contribution in [0.5, 0.6) is 11.5 Å². The van der Waals surface area contributed by atoms with Gasteiger partial charge < -0.3 is 14.8 Å². The summed E-state index contributed by atoms with van der Waals surface area (Å²) in [5.74, 6) is -1.73. The standard InChI is InChI=1S/C28H24ClN3O6/c1-16-4-8-19(9-5-16)30-24(33)15-38-25-22(29)13-18(14-23(25)37-3)12-21-26(34)31-28(36)32(27(21)35)20-10-6-17(2)7-11-20/h4-14H,15H2,1-3H3,(H,30,33)(H,31,34,36)/b21-12+. The summed E-state index contributed by atoms with van der Waals surface area (Å²) in [5, 5.41) is 5.00. The molecule has 0 aliphatic carbocycles. The van der Waals surface area contributed by atoms with Gasteiger partial charge in [0.1, 0.15) is 5.57 Å². The monoisotopic (exact) mass is 533 g/mol. The number of methoxy groups -OCH3 is 1. The van der Waals surface area contributed by atoms with Gasteiger partial charge >= 0.3 is 6.03 Å². The molecule has 0 bridgehead atoms. The highest BCUT2D eigenvalue weighted by Gasteiger charge is 2.36. The molecule has 10 heteroatoms. The van der Waals surface area contributed by atoms with Gasteiger partial charge in [-0.1, -0.05) is 47.0 Å². The number of imide groups is 2. The third-order valence-corrected chi connectivity index (χ3v) is 5.92. The molecule has 1 fully saturated rings. The van der Waals surface area contributed by atoms with E-state index < -0.39 is 23.8 Å². The molecule has 9 nitrogen and oxygen atoms in total. The summed E-state index contributed by atoms with van der Waals surface area (Å²) in [6.07, 6.45) is 1.30. The second kappa shape index (κ2) is 11.2. The number of benzene rings is 3. The lowest BCUT2D eigenvalue weighted by atomic mass is 10.1. The van der Waals surface area contributed by atoms with E-state index in [1.165, 1.54) is 25.3 Å². The minimum absolute atomic E-state index is 0.0921. The summed E-state index contributed by atoms with van der Waals surface area (Å²) >= 11 is 6.41. The molecule has 3 aromatic carbocycles. The Morgan fingerprint density at radius 2 is 1.63 bits per heavy atom. The number of ether oxygens (including phenoxy) is 2. The minimum atomic E-state index is -0.843. The van der Waals surface area contributed by atoms with Crippen molar-refractivity contribution in [1.82, 2.24) is 5.32 Å². The Bertz CT molecular complexity index is 1450. The number of barbiturate groups is 1. The van der Waals surface area contributed by atoms with Crippen molar-refractivity contribution in [1.29, 1.82) is 0 Å². The maximum Gasteiger partial charge on any atom is 0.335 e. The average molecular weight is 534 g/mol. The van der Waals surface area contributed by atoms with Gasteiger partial charge in [0.05, 0.1) is 17.8 Å². The van der Waals surface area contributed by atoms with E-state index in [2.05, 4.69) is 10.6 Å². The molecule has 1 aliphatic heterocycles. The summed E-state index contributed by atoms with van der Waals surface area (Å²) < 4.78 is 11.0. The van der Waals surface area contributed by atoms with Crippen molar-refractivity contribution in [3.63, 3.8) is 0 Å². The fourth-order valence-electron chi connectivity index (χ4n) is 3.69. The summed E-state index contributed by atoms with van der Waals surface area (Å²) in [6.45, 7) is 3.48. The van der Waals surface area contributed by atoms with Gasteiger partial charge in [0.25, 0.3) is 17.7 Å². The molecule has 0 unspecified atom stereocenters. The Labute approximate surface area is 224 Å². The van der Waals surface area contributed by atoms with Crippen LogP contribution in [0.15, 0.2) is 66.2 Å². The molecule has 194 valence electrons. The number of carbonyl (C=O) groups excluding carboxylic acids is 4. The summed E-state index contributed by atoms with van der Waals surface area (Å²) in [7, 11) is 1.39. The predicted octanol–water partition coefficient (Wildman–Crippen LogP) is 4.65. The van der Waals surface area contributed by atoms with Gasteiger partial charge in [-0.05, 0) is 61.9 Å². The third-order valence-electron chi connectivity index (χ3n) is 5.64. The number of amides is 5. The highest BCUT2D eigenvalue weighted by molar-refractivity contribution is 6.39. The smallest absolute Gasteiger partial charge is 0.335 e. The summed E-state index contributed by atoms with van der Waals surface area (Å²) in [4.78, 5) is 51.3. The molecular formula is C28H24ClN3O6. The Morgan fingerprint density at radius 3 is 2.26 bits per heavy atom. The Morgan fingerprint density at radius 1 is 1.00 bits per heavy atom. The zero-order chi connectivity index (χ0) is 27.4. The van der Waals surface area contributed by atoms with Crippen molar-refractivity contribution in [3.05, 3.63) is 87.9 Å². The van der Waals surface area contributed by atoms with E-state index in [4.69, 9.17) is 21.1 Å². The lowest BCUT2D eigenvalue weighted by molar-refractivity contribution is -0.122. The molecule has 38 heavy (non-hydrogen) atoms. The number of hydrogen-bond acceptors (Lipinski definition) is 6. The van der Waals surface area contributed by atoms with Crippen LogP contribution in [0.25, 0.3) is 6.08 Å². The molecular weight excluding hydrogens is 510 g/mol. The first-order valence-corrected chi connectivity index (χ1v) is 11.9. The molecule has 1 saturated heterocycles. The number of urea groups is 1. The van der Waals surface area contributed by atoms with E-state index in [-0.39, 0.29) is 28.7 Å². The third kappa shape index (κ3) is 5.84. The fourth-order valence-corrected chi connectivity index (χ4v) is 3.96. The Balaban J connectivity index is 1.55. The molecule has 1 heterocycles. The van der Waals surface area contributed by atoms with Crippen LogP contribution in [0.2, 0.25) is 5.02 Å². The van der Waals surface area contributed by atoms with Crippen molar-refractivity contribution >= 4 is 52.8 Å². The van der Waals surface area contributed by atoms with Gasteiger partial charge in [-0.2, -0.15) is 0 Å². The highest BCUT2D eigenvalue weighted by Crippen LogP contribution is 2.37. The van der Waals surface area contributed by atoms with Crippen LogP contribution in [-0.4, -0.2) is 37.5 Å². The topological polar surface area (TPSA) is 114 Å². The number of halogens is 1. The molecule has 1 aliphatic rings. The molecule has 0 aromatic heterocycles. The number of aryl methyl sites for hydroxylation is 2. The minimum Gasteiger partial charge on any atom is -0.493 e. The second-order valence-corrected chi connectivity index (χ2v) is 8.94. The molecule has 2 N–H and O–H groups in total. The SMILES string of the molecule is COc1cc(/C=C2\C(=O)NC(=O)N(c3ccc(C)cc3)C2=O)cc(Cl)c1OCC(=O)Nc1ccc(C)cc1. The highest BCUT2D eigenvalue weighted by atomic mass is 35.5. The fraction of sp³-hybridized carbons (Fsp3) is 0.143.